The third-order valence-electron chi connectivity index (χ3n) is 7.76. The highest BCUT2D eigenvalue weighted by atomic mass is 32.2. The second-order valence-corrected chi connectivity index (χ2v) is 12.0. The minimum Gasteiger partial charge on any atom is -0.454 e. The third kappa shape index (κ3) is 5.10. The fraction of sp³-hybridized carbons (Fsp3) is 0.387. The summed E-state index contributed by atoms with van der Waals surface area (Å²) in [6.07, 6.45) is 5.66. The second kappa shape index (κ2) is 10.1. The first-order valence-corrected chi connectivity index (χ1v) is 14.5. The van der Waals surface area contributed by atoms with Crippen LogP contribution in [-0.2, 0) is 27.6 Å². The van der Waals surface area contributed by atoms with Crippen molar-refractivity contribution in [1.82, 2.24) is 4.31 Å². The van der Waals surface area contributed by atoms with Crippen LogP contribution >= 0.6 is 0 Å². The number of nitrogens with zero attached hydrogens (tertiary/aromatic N) is 1. The number of hydrogen-bond donors (Lipinski definition) is 0. The highest BCUT2D eigenvalue weighted by Crippen LogP contribution is 2.51. The van der Waals surface area contributed by atoms with Crippen LogP contribution in [0.5, 0.6) is 11.5 Å². The van der Waals surface area contributed by atoms with Gasteiger partial charge in [0, 0.05) is 19.5 Å². The molecule has 3 aromatic rings. The van der Waals surface area contributed by atoms with E-state index in [1.807, 2.05) is 54.6 Å². The van der Waals surface area contributed by atoms with E-state index in [0.29, 0.717) is 12.3 Å². The van der Waals surface area contributed by atoms with E-state index in [1.165, 1.54) is 12.8 Å². The van der Waals surface area contributed by atoms with Crippen molar-refractivity contribution in [3.63, 3.8) is 0 Å². The number of benzene rings is 3. The molecule has 1 unspecified atom stereocenters. The molecule has 0 saturated heterocycles. The van der Waals surface area contributed by atoms with E-state index in [2.05, 4.69) is 23.4 Å². The molecule has 192 valence electrons. The molecule has 5 nitrogen and oxygen atoms in total. The minimum absolute atomic E-state index is 0.237. The summed E-state index contributed by atoms with van der Waals surface area (Å²) in [6, 6.07) is 22.2. The molecular formula is C31H33NO4S. The summed E-state index contributed by atoms with van der Waals surface area (Å²) < 4.78 is 26.3. The Morgan fingerprint density at radius 2 is 1.76 bits per heavy atom. The molecule has 0 N–H and O–H groups in total. The van der Waals surface area contributed by atoms with Gasteiger partial charge in [-0.15, -0.1) is 0 Å². The highest BCUT2D eigenvalue weighted by molar-refractivity contribution is 7.82. The summed E-state index contributed by atoms with van der Waals surface area (Å²) >= 11 is 0. The smallest absolute Gasteiger partial charge is 0.231 e. The van der Waals surface area contributed by atoms with Crippen molar-refractivity contribution in [2.24, 2.45) is 5.92 Å². The Balaban J connectivity index is 1.15. The first-order chi connectivity index (χ1) is 18.1. The molecule has 3 aliphatic rings. The fourth-order valence-corrected chi connectivity index (χ4v) is 6.62. The van der Waals surface area contributed by atoms with E-state index >= 15 is 0 Å². The first kappa shape index (κ1) is 24.4. The van der Waals surface area contributed by atoms with Crippen LogP contribution in [0.4, 0.5) is 0 Å². The lowest BCUT2D eigenvalue weighted by molar-refractivity contribution is -0.120. The zero-order valence-corrected chi connectivity index (χ0v) is 22.1. The average molecular weight is 516 g/mol. The van der Waals surface area contributed by atoms with Crippen molar-refractivity contribution < 1.29 is 18.5 Å². The van der Waals surface area contributed by atoms with Gasteiger partial charge in [-0.05, 0) is 84.5 Å². The summed E-state index contributed by atoms with van der Waals surface area (Å²) in [4.78, 5) is 14.3. The molecule has 6 rings (SSSR count). The molecular weight excluding hydrogens is 482 g/mol. The Morgan fingerprint density at radius 1 is 0.973 bits per heavy atom. The standard InChI is InChI=1S/C31H33NO4S/c1-2-16-32(20-22-6-7-22)37(34)27-11-8-24(9-12-27)25-5-3-4-23(17-25)18-30(33)31(14-15-31)26-10-13-28-29(19-26)36-21-35-28/h3-5,8-13,17,19,22H,2,6-7,14-16,18,20-21H2,1H3. The highest BCUT2D eigenvalue weighted by Gasteiger charge is 2.50. The Hall–Kier alpha value is -2.96. The van der Waals surface area contributed by atoms with E-state index in [0.717, 1.165) is 71.0 Å². The van der Waals surface area contributed by atoms with Crippen molar-refractivity contribution in [3.8, 4) is 22.6 Å². The Labute approximate surface area is 221 Å². The van der Waals surface area contributed by atoms with E-state index in [1.54, 1.807) is 0 Å². The Morgan fingerprint density at radius 3 is 2.49 bits per heavy atom. The zero-order chi connectivity index (χ0) is 25.4. The minimum atomic E-state index is -1.13. The van der Waals surface area contributed by atoms with Crippen LogP contribution in [0.3, 0.4) is 0 Å². The normalized spacial score (nSPS) is 18.1. The summed E-state index contributed by atoms with van der Waals surface area (Å²) in [7, 11) is -1.13. The van der Waals surface area contributed by atoms with Crippen LogP contribution < -0.4 is 9.47 Å². The average Bonchev–Trinajstić information content (AvgIpc) is 3.86. The Kier molecular flexibility index (Phi) is 6.63. The van der Waals surface area contributed by atoms with Crippen molar-refractivity contribution in [3.05, 3.63) is 77.9 Å². The molecule has 6 heteroatoms. The fourth-order valence-electron chi connectivity index (χ4n) is 5.26. The van der Waals surface area contributed by atoms with Gasteiger partial charge < -0.3 is 9.47 Å². The molecule has 0 spiro atoms. The van der Waals surface area contributed by atoms with Gasteiger partial charge in [0.05, 0.1) is 10.3 Å². The molecule has 2 fully saturated rings. The summed E-state index contributed by atoms with van der Waals surface area (Å²) in [5.74, 6) is 2.44. The lowest BCUT2D eigenvalue weighted by Gasteiger charge is -2.20. The molecule has 0 bridgehead atoms. The maximum atomic E-state index is 13.5. The topological polar surface area (TPSA) is 55.8 Å². The van der Waals surface area contributed by atoms with Gasteiger partial charge in [0.2, 0.25) is 6.79 Å². The monoisotopic (exact) mass is 515 g/mol. The molecule has 0 aromatic heterocycles. The number of ketones is 1. The van der Waals surface area contributed by atoms with Gasteiger partial charge in [-0.3, -0.25) is 4.79 Å². The number of carbonyl (C=O) groups is 1. The predicted molar refractivity (Wildman–Crippen MR) is 145 cm³/mol. The molecule has 2 aliphatic carbocycles. The van der Waals surface area contributed by atoms with Crippen LogP contribution in [0.1, 0.15) is 50.2 Å². The van der Waals surface area contributed by atoms with E-state index in [9.17, 15) is 9.00 Å². The van der Waals surface area contributed by atoms with Gasteiger partial charge in [0.15, 0.2) is 11.5 Å². The first-order valence-electron chi connectivity index (χ1n) is 13.4. The molecule has 1 atom stereocenters. The third-order valence-corrected chi connectivity index (χ3v) is 9.23. The Bertz CT molecular complexity index is 1330. The molecule has 1 heterocycles. The molecule has 0 radical (unpaired) electrons. The molecule has 2 saturated carbocycles. The summed E-state index contributed by atoms with van der Waals surface area (Å²) in [6.45, 7) is 4.15. The van der Waals surface area contributed by atoms with Gasteiger partial charge in [-0.25, -0.2) is 8.51 Å². The van der Waals surface area contributed by atoms with Crippen LogP contribution in [0.2, 0.25) is 0 Å². The molecule has 1 aliphatic heterocycles. The number of hydrogen-bond acceptors (Lipinski definition) is 4. The largest absolute Gasteiger partial charge is 0.454 e. The lowest BCUT2D eigenvalue weighted by Crippen LogP contribution is -2.29. The van der Waals surface area contributed by atoms with Gasteiger partial charge in [0.25, 0.3) is 0 Å². The maximum Gasteiger partial charge on any atom is 0.231 e. The maximum absolute atomic E-state index is 13.5. The van der Waals surface area contributed by atoms with Crippen LogP contribution in [0, 0.1) is 5.92 Å². The summed E-state index contributed by atoms with van der Waals surface area (Å²) in [5.41, 5.74) is 3.77. The SMILES string of the molecule is CCCN(CC1CC1)S(=O)c1ccc(-c2cccc(CC(=O)C3(c4ccc5c(c4)OCO5)CC3)c2)cc1. The van der Waals surface area contributed by atoms with E-state index in [4.69, 9.17) is 9.47 Å². The number of rotatable bonds is 11. The van der Waals surface area contributed by atoms with Crippen molar-refractivity contribution in [2.45, 2.75) is 55.8 Å². The molecule has 3 aromatic carbocycles. The molecule has 0 amide bonds. The van der Waals surface area contributed by atoms with Gasteiger partial charge in [-0.1, -0.05) is 49.4 Å². The summed E-state index contributed by atoms with van der Waals surface area (Å²) in [5, 5.41) is 0. The number of ether oxygens (including phenoxy) is 2. The zero-order valence-electron chi connectivity index (χ0n) is 21.3. The van der Waals surface area contributed by atoms with Crippen molar-refractivity contribution in [1.29, 1.82) is 0 Å². The van der Waals surface area contributed by atoms with Crippen molar-refractivity contribution in [2.75, 3.05) is 19.9 Å². The van der Waals surface area contributed by atoms with Crippen molar-refractivity contribution >= 4 is 16.8 Å². The van der Waals surface area contributed by atoms with Crippen LogP contribution in [-0.4, -0.2) is 34.2 Å². The van der Waals surface area contributed by atoms with Crippen LogP contribution in [0.15, 0.2) is 71.6 Å². The van der Waals surface area contributed by atoms with E-state index < -0.39 is 16.4 Å². The predicted octanol–water partition coefficient (Wildman–Crippen LogP) is 6.07. The number of Topliss-reactive ketones (excluding diaryl/α,β-unsaturated/α-hetero) is 1. The lowest BCUT2D eigenvalue weighted by atomic mass is 9.87. The van der Waals surface area contributed by atoms with Gasteiger partial charge in [0.1, 0.15) is 16.8 Å². The number of fused-ring (bicyclic) bond motifs is 1. The number of carbonyl (C=O) groups excluding carboxylic acids is 1. The van der Waals surface area contributed by atoms with Gasteiger partial charge >= 0.3 is 0 Å². The second-order valence-electron chi connectivity index (χ2n) is 10.6. The van der Waals surface area contributed by atoms with Crippen LogP contribution in [0.25, 0.3) is 11.1 Å². The quantitative estimate of drug-likeness (QED) is 0.311. The van der Waals surface area contributed by atoms with E-state index in [-0.39, 0.29) is 12.6 Å². The van der Waals surface area contributed by atoms with Gasteiger partial charge in [-0.2, -0.15) is 0 Å². The molecule has 37 heavy (non-hydrogen) atoms.